The first-order chi connectivity index (χ1) is 9.33. The van der Waals surface area contributed by atoms with Gasteiger partial charge in [0.05, 0.1) is 0 Å². The summed E-state index contributed by atoms with van der Waals surface area (Å²) >= 11 is 1.75. The van der Waals surface area contributed by atoms with E-state index in [-0.39, 0.29) is 0 Å². The monoisotopic (exact) mass is 272 g/mol. The van der Waals surface area contributed by atoms with Gasteiger partial charge in [0.15, 0.2) is 0 Å². The SMILES string of the molecule is CC(Nc1ccc(N2CCCC2)cc1)c1ccsc1. The summed E-state index contributed by atoms with van der Waals surface area (Å²) < 4.78 is 0. The molecule has 100 valence electrons. The van der Waals surface area contributed by atoms with Crippen molar-refractivity contribution in [2.45, 2.75) is 25.8 Å². The van der Waals surface area contributed by atoms with Gasteiger partial charge in [0, 0.05) is 30.5 Å². The van der Waals surface area contributed by atoms with Crippen LogP contribution in [-0.4, -0.2) is 13.1 Å². The highest BCUT2D eigenvalue weighted by atomic mass is 32.1. The summed E-state index contributed by atoms with van der Waals surface area (Å²) in [6, 6.07) is 11.4. The number of nitrogens with zero attached hydrogens (tertiary/aromatic N) is 1. The van der Waals surface area contributed by atoms with Crippen LogP contribution in [0.25, 0.3) is 0 Å². The normalized spacial score (nSPS) is 16.6. The lowest BCUT2D eigenvalue weighted by Gasteiger charge is -2.19. The third-order valence-electron chi connectivity index (χ3n) is 3.76. The van der Waals surface area contributed by atoms with Crippen LogP contribution >= 0.6 is 11.3 Å². The minimum absolute atomic E-state index is 0.365. The van der Waals surface area contributed by atoms with E-state index in [9.17, 15) is 0 Å². The summed E-state index contributed by atoms with van der Waals surface area (Å²) in [5, 5.41) is 7.88. The first-order valence-electron chi connectivity index (χ1n) is 6.96. The Morgan fingerprint density at radius 2 is 1.84 bits per heavy atom. The molecule has 3 heteroatoms. The molecule has 0 saturated carbocycles. The van der Waals surface area contributed by atoms with E-state index in [1.807, 2.05) is 0 Å². The quantitative estimate of drug-likeness (QED) is 0.880. The van der Waals surface area contributed by atoms with E-state index < -0.39 is 0 Å². The van der Waals surface area contributed by atoms with Crippen LogP contribution in [0.4, 0.5) is 11.4 Å². The Morgan fingerprint density at radius 3 is 2.47 bits per heavy atom. The van der Waals surface area contributed by atoms with Crippen molar-refractivity contribution in [3.8, 4) is 0 Å². The Morgan fingerprint density at radius 1 is 1.11 bits per heavy atom. The molecule has 0 aliphatic carbocycles. The predicted molar refractivity (Wildman–Crippen MR) is 84.2 cm³/mol. The number of benzene rings is 1. The van der Waals surface area contributed by atoms with Crippen LogP contribution in [0.3, 0.4) is 0 Å². The van der Waals surface area contributed by atoms with Crippen molar-refractivity contribution in [1.82, 2.24) is 0 Å². The Labute approximate surface area is 119 Å². The molecule has 1 N–H and O–H groups in total. The summed E-state index contributed by atoms with van der Waals surface area (Å²) in [7, 11) is 0. The van der Waals surface area contributed by atoms with Gasteiger partial charge in [-0.05, 0) is 66.4 Å². The molecule has 1 aliphatic rings. The molecular weight excluding hydrogens is 252 g/mol. The average molecular weight is 272 g/mol. The van der Waals surface area contributed by atoms with Gasteiger partial charge in [-0.1, -0.05) is 0 Å². The van der Waals surface area contributed by atoms with Gasteiger partial charge < -0.3 is 10.2 Å². The lowest BCUT2D eigenvalue weighted by atomic mass is 10.1. The van der Waals surface area contributed by atoms with Crippen molar-refractivity contribution in [3.05, 3.63) is 46.7 Å². The van der Waals surface area contributed by atoms with Gasteiger partial charge in [-0.3, -0.25) is 0 Å². The lowest BCUT2D eigenvalue weighted by molar-refractivity contribution is 0.890. The molecule has 1 aromatic heterocycles. The Kier molecular flexibility index (Phi) is 3.74. The highest BCUT2D eigenvalue weighted by Gasteiger charge is 2.12. The van der Waals surface area contributed by atoms with Gasteiger partial charge in [0.2, 0.25) is 0 Å². The minimum atomic E-state index is 0.365. The van der Waals surface area contributed by atoms with Crippen molar-refractivity contribution < 1.29 is 0 Å². The highest BCUT2D eigenvalue weighted by Crippen LogP contribution is 2.25. The summed E-state index contributed by atoms with van der Waals surface area (Å²) in [4.78, 5) is 2.46. The van der Waals surface area contributed by atoms with Gasteiger partial charge in [-0.15, -0.1) is 0 Å². The van der Waals surface area contributed by atoms with E-state index in [4.69, 9.17) is 0 Å². The van der Waals surface area contributed by atoms with Gasteiger partial charge in [0.25, 0.3) is 0 Å². The second-order valence-corrected chi connectivity index (χ2v) is 5.94. The molecule has 2 nitrogen and oxygen atoms in total. The summed E-state index contributed by atoms with van der Waals surface area (Å²) in [5.74, 6) is 0. The fraction of sp³-hybridized carbons (Fsp3) is 0.375. The topological polar surface area (TPSA) is 15.3 Å². The zero-order valence-corrected chi connectivity index (χ0v) is 12.1. The molecule has 1 fully saturated rings. The molecule has 0 spiro atoms. The Balaban J connectivity index is 1.65. The summed E-state index contributed by atoms with van der Waals surface area (Å²) in [6.07, 6.45) is 2.66. The zero-order chi connectivity index (χ0) is 13.1. The van der Waals surface area contributed by atoms with Crippen LogP contribution in [0.15, 0.2) is 41.1 Å². The molecule has 2 aromatic rings. The van der Waals surface area contributed by atoms with E-state index in [0.29, 0.717) is 6.04 Å². The largest absolute Gasteiger partial charge is 0.378 e. The zero-order valence-electron chi connectivity index (χ0n) is 11.3. The molecule has 1 saturated heterocycles. The number of anilines is 2. The van der Waals surface area contributed by atoms with Crippen LogP contribution in [0.5, 0.6) is 0 Å². The number of rotatable bonds is 4. The molecule has 1 unspecified atom stereocenters. The van der Waals surface area contributed by atoms with Crippen molar-refractivity contribution >= 4 is 22.7 Å². The van der Waals surface area contributed by atoms with Crippen LogP contribution in [0.2, 0.25) is 0 Å². The predicted octanol–water partition coefficient (Wildman–Crippen LogP) is 4.52. The molecule has 1 aromatic carbocycles. The summed E-state index contributed by atoms with van der Waals surface area (Å²) in [6.45, 7) is 4.62. The van der Waals surface area contributed by atoms with E-state index in [0.717, 1.165) is 0 Å². The molecular formula is C16H20N2S. The fourth-order valence-electron chi connectivity index (χ4n) is 2.60. The molecule has 3 rings (SSSR count). The van der Waals surface area contributed by atoms with E-state index >= 15 is 0 Å². The standard InChI is InChI=1S/C16H20N2S/c1-13(14-8-11-19-12-14)17-15-4-6-16(7-5-15)18-9-2-3-10-18/h4-8,11-13,17H,2-3,9-10H2,1H3. The number of hydrogen-bond donors (Lipinski definition) is 1. The number of nitrogens with one attached hydrogen (secondary N) is 1. The molecule has 0 amide bonds. The maximum absolute atomic E-state index is 3.55. The Bertz CT molecular complexity index is 498. The second-order valence-electron chi connectivity index (χ2n) is 5.16. The van der Waals surface area contributed by atoms with Gasteiger partial charge >= 0.3 is 0 Å². The molecule has 1 aliphatic heterocycles. The molecule has 1 atom stereocenters. The molecule has 0 bridgehead atoms. The Hall–Kier alpha value is -1.48. The minimum Gasteiger partial charge on any atom is -0.378 e. The third kappa shape index (κ3) is 2.92. The first kappa shape index (κ1) is 12.5. The van der Waals surface area contributed by atoms with Crippen molar-refractivity contribution in [3.63, 3.8) is 0 Å². The van der Waals surface area contributed by atoms with Crippen LogP contribution in [0.1, 0.15) is 31.4 Å². The highest BCUT2D eigenvalue weighted by molar-refractivity contribution is 7.07. The first-order valence-corrected chi connectivity index (χ1v) is 7.91. The van der Waals surface area contributed by atoms with Gasteiger partial charge in [-0.25, -0.2) is 0 Å². The van der Waals surface area contributed by atoms with Gasteiger partial charge in [-0.2, -0.15) is 11.3 Å². The van der Waals surface area contributed by atoms with Crippen LogP contribution in [-0.2, 0) is 0 Å². The summed E-state index contributed by atoms with van der Waals surface area (Å²) in [5.41, 5.74) is 3.90. The van der Waals surface area contributed by atoms with Crippen LogP contribution < -0.4 is 10.2 Å². The van der Waals surface area contributed by atoms with Crippen molar-refractivity contribution in [1.29, 1.82) is 0 Å². The number of hydrogen-bond acceptors (Lipinski definition) is 3. The molecule has 19 heavy (non-hydrogen) atoms. The van der Waals surface area contributed by atoms with E-state index in [2.05, 4.69) is 58.2 Å². The van der Waals surface area contributed by atoms with Crippen molar-refractivity contribution in [2.24, 2.45) is 0 Å². The smallest absolute Gasteiger partial charge is 0.0493 e. The van der Waals surface area contributed by atoms with Crippen LogP contribution in [0, 0.1) is 0 Å². The third-order valence-corrected chi connectivity index (χ3v) is 4.47. The molecule has 0 radical (unpaired) electrons. The van der Waals surface area contributed by atoms with E-state index in [1.54, 1.807) is 11.3 Å². The van der Waals surface area contributed by atoms with E-state index in [1.165, 1.54) is 42.9 Å². The maximum atomic E-state index is 3.55. The second kappa shape index (κ2) is 5.66. The molecule has 2 heterocycles. The lowest BCUT2D eigenvalue weighted by Crippen LogP contribution is -2.17. The average Bonchev–Trinajstić information content (AvgIpc) is 3.13. The van der Waals surface area contributed by atoms with Crippen molar-refractivity contribution in [2.75, 3.05) is 23.3 Å². The maximum Gasteiger partial charge on any atom is 0.0493 e. The fourth-order valence-corrected chi connectivity index (χ4v) is 3.35. The number of thiophene rings is 1. The van der Waals surface area contributed by atoms with Gasteiger partial charge in [0.1, 0.15) is 0 Å².